The maximum Gasteiger partial charge on any atom is 0.341 e. The molecule has 0 aliphatic carbocycles. The minimum absolute atomic E-state index is 0.00638. The van der Waals surface area contributed by atoms with E-state index in [2.05, 4.69) is 15.1 Å². The second-order valence-corrected chi connectivity index (χ2v) is 8.51. The third-order valence-electron chi connectivity index (χ3n) is 5.81. The molecule has 0 fully saturated rings. The van der Waals surface area contributed by atoms with Gasteiger partial charge in [-0.3, -0.25) is 0 Å². The van der Waals surface area contributed by atoms with E-state index >= 15 is 0 Å². The summed E-state index contributed by atoms with van der Waals surface area (Å²) < 4.78 is 17.7. The number of carboxylic acid groups (broad SMARTS) is 1. The monoisotopic (exact) mass is 458 g/mol. The normalized spacial score (nSPS) is 11.6. The molecule has 1 aromatic carbocycles. The first-order valence-electron chi connectivity index (χ1n) is 10.9. The molecule has 1 N–H and O–H groups in total. The van der Waals surface area contributed by atoms with Crippen molar-refractivity contribution >= 4 is 28.5 Å². The molecule has 0 aliphatic rings. The SMILES string of the molecule is CC(C)n1cc(-c2cc(N(C)Cc3ccccc3)n3ncc(C(=O)O)c3n2)c2cc(F)cnc21. The van der Waals surface area contributed by atoms with E-state index in [0.29, 0.717) is 34.7 Å². The average Bonchev–Trinajstić information content (AvgIpc) is 3.40. The summed E-state index contributed by atoms with van der Waals surface area (Å²) >= 11 is 0. The van der Waals surface area contributed by atoms with Crippen LogP contribution in [0.25, 0.3) is 27.9 Å². The first-order chi connectivity index (χ1) is 16.3. The highest BCUT2D eigenvalue weighted by Crippen LogP contribution is 2.34. The summed E-state index contributed by atoms with van der Waals surface area (Å²) in [5.74, 6) is -0.909. The van der Waals surface area contributed by atoms with Gasteiger partial charge in [-0.1, -0.05) is 30.3 Å². The number of benzene rings is 1. The number of aromatic carboxylic acids is 1. The number of aromatic nitrogens is 5. The largest absolute Gasteiger partial charge is 0.477 e. The highest BCUT2D eigenvalue weighted by Gasteiger charge is 2.22. The van der Waals surface area contributed by atoms with Crippen molar-refractivity contribution in [1.29, 1.82) is 0 Å². The van der Waals surface area contributed by atoms with Crippen LogP contribution in [0.4, 0.5) is 10.2 Å². The second kappa shape index (κ2) is 8.26. The van der Waals surface area contributed by atoms with E-state index in [-0.39, 0.29) is 17.3 Å². The summed E-state index contributed by atoms with van der Waals surface area (Å²) in [7, 11) is 1.91. The molecule has 8 nitrogen and oxygen atoms in total. The Hall–Kier alpha value is -4.27. The molecule has 0 saturated heterocycles. The molecule has 9 heteroatoms. The summed E-state index contributed by atoms with van der Waals surface area (Å²) in [5, 5.41) is 14.6. The molecule has 0 amide bonds. The number of fused-ring (bicyclic) bond motifs is 2. The van der Waals surface area contributed by atoms with Crippen LogP contribution in [0.15, 0.2) is 61.1 Å². The molecule has 172 valence electrons. The number of halogens is 1. The minimum Gasteiger partial charge on any atom is -0.477 e. The topological polar surface area (TPSA) is 88.5 Å². The van der Waals surface area contributed by atoms with Gasteiger partial charge in [0.05, 0.1) is 18.1 Å². The first-order valence-corrected chi connectivity index (χ1v) is 10.9. The Morgan fingerprint density at radius 2 is 1.91 bits per heavy atom. The lowest BCUT2D eigenvalue weighted by molar-refractivity contribution is 0.0698. The zero-order chi connectivity index (χ0) is 24.0. The smallest absolute Gasteiger partial charge is 0.341 e. The Bertz CT molecular complexity index is 1520. The van der Waals surface area contributed by atoms with Crippen molar-refractivity contribution < 1.29 is 14.3 Å². The Labute approximate surface area is 194 Å². The molecule has 0 radical (unpaired) electrons. The predicted octanol–water partition coefficient (Wildman–Crippen LogP) is 4.80. The van der Waals surface area contributed by atoms with Gasteiger partial charge in [0, 0.05) is 42.8 Å². The summed E-state index contributed by atoms with van der Waals surface area (Å²) in [4.78, 5) is 22.8. The summed E-state index contributed by atoms with van der Waals surface area (Å²) in [6.45, 7) is 4.61. The van der Waals surface area contributed by atoms with Gasteiger partial charge in [-0.05, 0) is 25.5 Å². The van der Waals surface area contributed by atoms with Crippen molar-refractivity contribution in [2.24, 2.45) is 0 Å². The van der Waals surface area contributed by atoms with Crippen LogP contribution in [0, 0.1) is 5.82 Å². The lowest BCUT2D eigenvalue weighted by atomic mass is 10.1. The molecule has 0 saturated carbocycles. The van der Waals surface area contributed by atoms with Crippen LogP contribution in [-0.2, 0) is 6.54 Å². The second-order valence-electron chi connectivity index (χ2n) is 8.51. The number of hydrogen-bond donors (Lipinski definition) is 1. The van der Waals surface area contributed by atoms with Crippen molar-refractivity contribution in [3.05, 3.63) is 78.0 Å². The van der Waals surface area contributed by atoms with Gasteiger partial charge < -0.3 is 14.6 Å². The number of anilines is 1. The Kier molecular flexibility index (Phi) is 5.24. The van der Waals surface area contributed by atoms with E-state index in [4.69, 9.17) is 0 Å². The highest BCUT2D eigenvalue weighted by atomic mass is 19.1. The van der Waals surface area contributed by atoms with Gasteiger partial charge in [0.1, 0.15) is 22.8 Å². The van der Waals surface area contributed by atoms with Crippen molar-refractivity contribution in [3.63, 3.8) is 0 Å². The molecular weight excluding hydrogens is 435 g/mol. The number of rotatable bonds is 6. The predicted molar refractivity (Wildman–Crippen MR) is 128 cm³/mol. The highest BCUT2D eigenvalue weighted by molar-refractivity contribution is 5.97. The molecular formula is C25H23FN6O2. The van der Waals surface area contributed by atoms with Gasteiger partial charge in [-0.15, -0.1) is 0 Å². The molecule has 4 aromatic heterocycles. The van der Waals surface area contributed by atoms with Crippen LogP contribution in [0.5, 0.6) is 0 Å². The summed E-state index contributed by atoms with van der Waals surface area (Å²) in [6.07, 6.45) is 4.38. The number of carboxylic acids is 1. The van der Waals surface area contributed by atoms with E-state index in [1.54, 1.807) is 0 Å². The van der Waals surface area contributed by atoms with E-state index in [1.165, 1.54) is 23.0 Å². The van der Waals surface area contributed by atoms with Gasteiger partial charge >= 0.3 is 5.97 Å². The quantitative estimate of drug-likeness (QED) is 0.393. The Morgan fingerprint density at radius 1 is 1.15 bits per heavy atom. The fourth-order valence-corrected chi connectivity index (χ4v) is 4.15. The fraction of sp³-hybridized carbons (Fsp3) is 0.200. The molecule has 0 aliphatic heterocycles. The van der Waals surface area contributed by atoms with Crippen molar-refractivity contribution in [2.45, 2.75) is 26.4 Å². The van der Waals surface area contributed by atoms with Crippen LogP contribution in [-0.4, -0.2) is 42.3 Å². The zero-order valence-electron chi connectivity index (χ0n) is 19.0. The molecule has 34 heavy (non-hydrogen) atoms. The molecule has 0 unspecified atom stereocenters. The molecule has 0 spiro atoms. The van der Waals surface area contributed by atoms with E-state index in [1.807, 2.05) is 73.0 Å². The number of pyridine rings is 1. The van der Waals surface area contributed by atoms with E-state index in [0.717, 1.165) is 5.56 Å². The molecule has 5 aromatic rings. The van der Waals surface area contributed by atoms with Crippen LogP contribution >= 0.6 is 0 Å². The standard InChI is InChI=1S/C25H23FN6O2/c1-15(2)31-14-20(18-9-17(26)11-27-23(18)31)21-10-22(30(3)13-16-7-5-4-6-8-16)32-24(29-21)19(12-28-32)25(33)34/h4-12,14-15H,13H2,1-3H3,(H,33,34). The first kappa shape index (κ1) is 21.6. The van der Waals surface area contributed by atoms with E-state index in [9.17, 15) is 14.3 Å². The number of nitrogens with zero attached hydrogens (tertiary/aromatic N) is 6. The maximum atomic E-state index is 14.2. The van der Waals surface area contributed by atoms with Crippen LogP contribution in [0.2, 0.25) is 0 Å². The maximum absolute atomic E-state index is 14.2. The zero-order valence-corrected chi connectivity index (χ0v) is 19.0. The van der Waals surface area contributed by atoms with Crippen molar-refractivity contribution in [1.82, 2.24) is 24.1 Å². The number of carbonyl (C=O) groups is 1. The lowest BCUT2D eigenvalue weighted by Gasteiger charge is -2.21. The molecule has 4 heterocycles. The molecule has 5 rings (SSSR count). The molecule has 0 atom stereocenters. The van der Waals surface area contributed by atoms with Gasteiger partial charge in [-0.2, -0.15) is 9.61 Å². The third kappa shape index (κ3) is 3.64. The summed E-state index contributed by atoms with van der Waals surface area (Å²) in [5.41, 5.74) is 3.12. The Morgan fingerprint density at radius 3 is 2.62 bits per heavy atom. The summed E-state index contributed by atoms with van der Waals surface area (Å²) in [6, 6.07) is 13.3. The number of hydrogen-bond acceptors (Lipinski definition) is 5. The van der Waals surface area contributed by atoms with Gasteiger partial charge in [0.25, 0.3) is 0 Å². The Balaban J connectivity index is 1.75. The van der Waals surface area contributed by atoms with Crippen LogP contribution in [0.3, 0.4) is 0 Å². The van der Waals surface area contributed by atoms with Crippen molar-refractivity contribution in [2.75, 3.05) is 11.9 Å². The van der Waals surface area contributed by atoms with Crippen LogP contribution in [0.1, 0.15) is 35.8 Å². The van der Waals surface area contributed by atoms with Gasteiger partial charge in [0.2, 0.25) is 0 Å². The fourth-order valence-electron chi connectivity index (χ4n) is 4.15. The minimum atomic E-state index is -1.12. The average molecular weight is 458 g/mol. The van der Waals surface area contributed by atoms with Crippen LogP contribution < -0.4 is 4.90 Å². The van der Waals surface area contributed by atoms with Gasteiger partial charge in [-0.25, -0.2) is 19.2 Å². The van der Waals surface area contributed by atoms with E-state index < -0.39 is 11.8 Å². The van der Waals surface area contributed by atoms with Crippen molar-refractivity contribution in [3.8, 4) is 11.3 Å². The van der Waals surface area contributed by atoms with Gasteiger partial charge in [0.15, 0.2) is 5.65 Å². The third-order valence-corrected chi connectivity index (χ3v) is 5.81. The lowest BCUT2D eigenvalue weighted by Crippen LogP contribution is -2.20. The molecule has 0 bridgehead atoms.